The highest BCUT2D eigenvalue weighted by molar-refractivity contribution is 5.79. The number of piperidine rings is 1. The monoisotopic (exact) mass is 460 g/mol. The number of amides is 1. The van der Waals surface area contributed by atoms with Gasteiger partial charge in [0.25, 0.3) is 0 Å². The van der Waals surface area contributed by atoms with Crippen molar-refractivity contribution in [3.05, 3.63) is 66.7 Å². The third-order valence-corrected chi connectivity index (χ3v) is 5.89. The van der Waals surface area contributed by atoms with Crippen molar-refractivity contribution < 1.29 is 9.53 Å². The van der Waals surface area contributed by atoms with Gasteiger partial charge in [-0.05, 0) is 55.3 Å². The first-order chi connectivity index (χ1) is 16.6. The molecule has 0 bridgehead atoms. The molecular weight excluding hydrogens is 428 g/mol. The molecule has 0 aliphatic carbocycles. The number of carbonyl (C=O) groups is 1. The lowest BCUT2D eigenvalue weighted by Gasteiger charge is -2.31. The van der Waals surface area contributed by atoms with Crippen LogP contribution in [0.15, 0.2) is 66.7 Å². The Morgan fingerprint density at radius 3 is 2.53 bits per heavy atom. The predicted molar refractivity (Wildman–Crippen MR) is 136 cm³/mol. The van der Waals surface area contributed by atoms with Gasteiger partial charge in [0.15, 0.2) is 11.6 Å². The number of carbonyl (C=O) groups excluding carboxylic acids is 1. The standard InChI is InChI=1S/C26H32N6O2/c1-31(2)22-8-6-7-21(19-22)28-24-11-12-25(30-29-24)32-16-13-20(14-17-32)26(33)27-15-18-34-23-9-4-3-5-10-23/h3-12,19-20H,13-18H2,1-2H3,(H,27,33)(H,28,29). The van der Waals surface area contributed by atoms with Crippen LogP contribution in [0.1, 0.15) is 12.8 Å². The number of anilines is 4. The molecular formula is C26H32N6O2. The normalized spacial score (nSPS) is 13.9. The van der Waals surface area contributed by atoms with Crippen molar-refractivity contribution in [2.24, 2.45) is 5.92 Å². The number of nitrogens with zero attached hydrogens (tertiary/aromatic N) is 4. The molecule has 0 unspecified atom stereocenters. The number of ether oxygens (including phenoxy) is 1. The summed E-state index contributed by atoms with van der Waals surface area (Å²) in [4.78, 5) is 16.8. The van der Waals surface area contributed by atoms with Crippen molar-refractivity contribution in [2.75, 3.05) is 55.5 Å². The molecule has 0 spiro atoms. The fourth-order valence-electron chi connectivity index (χ4n) is 3.95. The molecule has 1 saturated heterocycles. The van der Waals surface area contributed by atoms with Crippen LogP contribution in [0.3, 0.4) is 0 Å². The predicted octanol–water partition coefficient (Wildman–Crippen LogP) is 3.70. The molecule has 2 N–H and O–H groups in total. The zero-order valence-electron chi connectivity index (χ0n) is 19.8. The minimum atomic E-state index is 0.0193. The van der Waals surface area contributed by atoms with Crippen LogP contribution in [0.4, 0.5) is 23.0 Å². The van der Waals surface area contributed by atoms with Gasteiger partial charge in [0.2, 0.25) is 5.91 Å². The topological polar surface area (TPSA) is 82.6 Å². The first-order valence-corrected chi connectivity index (χ1v) is 11.7. The van der Waals surface area contributed by atoms with Crippen LogP contribution in [0, 0.1) is 5.92 Å². The van der Waals surface area contributed by atoms with Gasteiger partial charge in [-0.25, -0.2) is 0 Å². The molecule has 2 heterocycles. The van der Waals surface area contributed by atoms with E-state index in [4.69, 9.17) is 4.74 Å². The lowest BCUT2D eigenvalue weighted by molar-refractivity contribution is -0.125. The average molecular weight is 461 g/mol. The number of para-hydroxylation sites is 1. The van der Waals surface area contributed by atoms with Crippen LogP contribution < -0.4 is 25.2 Å². The summed E-state index contributed by atoms with van der Waals surface area (Å²) < 4.78 is 5.64. The van der Waals surface area contributed by atoms with Gasteiger partial charge in [0.05, 0.1) is 6.54 Å². The Bertz CT molecular complexity index is 1050. The highest BCUT2D eigenvalue weighted by Gasteiger charge is 2.25. The van der Waals surface area contributed by atoms with Crippen LogP contribution in [0.25, 0.3) is 0 Å². The quantitative estimate of drug-likeness (QED) is 0.471. The van der Waals surface area contributed by atoms with Gasteiger partial charge in [0, 0.05) is 44.5 Å². The number of rotatable bonds is 9. The van der Waals surface area contributed by atoms with Crippen LogP contribution in [-0.2, 0) is 4.79 Å². The molecule has 2 aromatic carbocycles. The fourth-order valence-corrected chi connectivity index (χ4v) is 3.95. The molecule has 1 aliphatic rings. The molecule has 3 aromatic rings. The van der Waals surface area contributed by atoms with Gasteiger partial charge >= 0.3 is 0 Å². The van der Waals surface area contributed by atoms with Crippen LogP contribution in [-0.4, -0.2) is 56.4 Å². The molecule has 1 fully saturated rings. The fraction of sp³-hybridized carbons (Fsp3) is 0.346. The maximum atomic E-state index is 12.5. The summed E-state index contributed by atoms with van der Waals surface area (Å²) in [5, 5.41) is 15.0. The Morgan fingerprint density at radius 1 is 1.03 bits per heavy atom. The van der Waals surface area contributed by atoms with E-state index in [1.807, 2.05) is 68.7 Å². The summed E-state index contributed by atoms with van der Waals surface area (Å²) in [5.74, 6) is 2.47. The number of hydrogen-bond donors (Lipinski definition) is 2. The molecule has 178 valence electrons. The summed E-state index contributed by atoms with van der Waals surface area (Å²) in [7, 11) is 4.03. The molecule has 1 aromatic heterocycles. The van der Waals surface area contributed by atoms with E-state index in [0.29, 0.717) is 19.0 Å². The van der Waals surface area contributed by atoms with E-state index in [0.717, 1.165) is 48.9 Å². The summed E-state index contributed by atoms with van der Waals surface area (Å²) in [6.07, 6.45) is 1.59. The maximum absolute atomic E-state index is 12.5. The van der Waals surface area contributed by atoms with Crippen LogP contribution in [0.5, 0.6) is 5.75 Å². The molecule has 1 aliphatic heterocycles. The van der Waals surface area contributed by atoms with E-state index >= 15 is 0 Å². The van der Waals surface area contributed by atoms with Gasteiger partial charge in [-0.15, -0.1) is 10.2 Å². The second-order valence-corrected chi connectivity index (χ2v) is 8.56. The molecule has 0 radical (unpaired) electrons. The second-order valence-electron chi connectivity index (χ2n) is 8.56. The minimum absolute atomic E-state index is 0.0193. The first-order valence-electron chi connectivity index (χ1n) is 11.7. The van der Waals surface area contributed by atoms with Crippen molar-refractivity contribution >= 4 is 28.9 Å². The molecule has 8 heteroatoms. The van der Waals surface area contributed by atoms with Gasteiger partial charge in [-0.3, -0.25) is 4.79 Å². The van der Waals surface area contributed by atoms with Crippen molar-refractivity contribution in [3.63, 3.8) is 0 Å². The van der Waals surface area contributed by atoms with Crippen molar-refractivity contribution in [3.8, 4) is 5.75 Å². The Hall–Kier alpha value is -3.81. The first kappa shape index (κ1) is 23.4. The number of aromatic nitrogens is 2. The molecule has 0 atom stereocenters. The zero-order chi connectivity index (χ0) is 23.8. The molecule has 4 rings (SSSR count). The van der Waals surface area contributed by atoms with Crippen molar-refractivity contribution in [1.82, 2.24) is 15.5 Å². The second kappa shape index (κ2) is 11.4. The SMILES string of the molecule is CN(C)c1cccc(Nc2ccc(N3CCC(C(=O)NCCOc4ccccc4)CC3)nn2)c1. The Labute approximate surface area is 200 Å². The van der Waals surface area contributed by atoms with Crippen LogP contribution in [0.2, 0.25) is 0 Å². The Balaban J connectivity index is 1.21. The van der Waals surface area contributed by atoms with E-state index in [9.17, 15) is 4.79 Å². The third-order valence-electron chi connectivity index (χ3n) is 5.89. The largest absolute Gasteiger partial charge is 0.492 e. The Kier molecular flexibility index (Phi) is 7.80. The minimum Gasteiger partial charge on any atom is -0.492 e. The number of nitrogens with one attached hydrogen (secondary N) is 2. The zero-order valence-corrected chi connectivity index (χ0v) is 19.8. The number of hydrogen-bond acceptors (Lipinski definition) is 7. The van der Waals surface area contributed by atoms with Crippen molar-refractivity contribution in [2.45, 2.75) is 12.8 Å². The van der Waals surface area contributed by atoms with Gasteiger partial charge in [-0.1, -0.05) is 24.3 Å². The van der Waals surface area contributed by atoms with Gasteiger partial charge in [0.1, 0.15) is 12.4 Å². The van der Waals surface area contributed by atoms with Gasteiger partial charge in [-0.2, -0.15) is 0 Å². The van der Waals surface area contributed by atoms with Crippen molar-refractivity contribution in [1.29, 1.82) is 0 Å². The Morgan fingerprint density at radius 2 is 1.82 bits per heavy atom. The average Bonchev–Trinajstić information content (AvgIpc) is 2.88. The summed E-state index contributed by atoms with van der Waals surface area (Å²) in [5.41, 5.74) is 2.08. The lowest BCUT2D eigenvalue weighted by Crippen LogP contribution is -2.41. The summed E-state index contributed by atoms with van der Waals surface area (Å²) in [6, 6.07) is 21.7. The molecule has 1 amide bonds. The summed E-state index contributed by atoms with van der Waals surface area (Å²) in [6.45, 7) is 2.53. The molecule has 8 nitrogen and oxygen atoms in total. The highest BCUT2D eigenvalue weighted by atomic mass is 16.5. The van der Waals surface area contributed by atoms with E-state index in [1.165, 1.54) is 0 Å². The van der Waals surface area contributed by atoms with Crippen LogP contribution >= 0.6 is 0 Å². The van der Waals surface area contributed by atoms with E-state index in [2.05, 4.69) is 42.8 Å². The maximum Gasteiger partial charge on any atom is 0.223 e. The molecule has 0 saturated carbocycles. The van der Waals surface area contributed by atoms with E-state index in [1.54, 1.807) is 0 Å². The summed E-state index contributed by atoms with van der Waals surface area (Å²) >= 11 is 0. The number of benzene rings is 2. The highest BCUT2D eigenvalue weighted by Crippen LogP contribution is 2.24. The lowest BCUT2D eigenvalue weighted by atomic mass is 9.96. The van der Waals surface area contributed by atoms with Gasteiger partial charge < -0.3 is 25.2 Å². The smallest absolute Gasteiger partial charge is 0.223 e. The third kappa shape index (κ3) is 6.37. The van der Waals surface area contributed by atoms with E-state index in [-0.39, 0.29) is 11.8 Å². The van der Waals surface area contributed by atoms with E-state index < -0.39 is 0 Å². The molecule has 34 heavy (non-hydrogen) atoms.